The third-order valence-electron chi connectivity index (χ3n) is 5.37. The average molecular weight is 400 g/mol. The Balaban J connectivity index is 1.86. The molecule has 2 aromatic heterocycles. The van der Waals surface area contributed by atoms with Crippen LogP contribution in [0.4, 0.5) is 10.2 Å². The minimum Gasteiger partial charge on any atom is -0.450 e. The highest BCUT2D eigenvalue weighted by molar-refractivity contribution is 6.10. The number of halogens is 1. The summed E-state index contributed by atoms with van der Waals surface area (Å²) in [5, 5.41) is 0.363. The lowest BCUT2D eigenvalue weighted by Gasteiger charge is -2.24. The van der Waals surface area contributed by atoms with Crippen LogP contribution in [-0.4, -0.2) is 10.9 Å². The Morgan fingerprint density at radius 2 is 1.77 bits per heavy atom. The zero-order valence-electron chi connectivity index (χ0n) is 16.3. The van der Waals surface area contributed by atoms with E-state index in [1.165, 1.54) is 11.0 Å². The number of fused-ring (bicyclic) bond motifs is 2. The van der Waals surface area contributed by atoms with Crippen molar-refractivity contribution in [1.29, 1.82) is 0 Å². The van der Waals surface area contributed by atoms with Gasteiger partial charge in [-0.1, -0.05) is 29.8 Å². The van der Waals surface area contributed by atoms with Crippen LogP contribution in [-0.2, 0) is 0 Å². The monoisotopic (exact) mass is 400 g/mol. The highest BCUT2D eigenvalue weighted by Crippen LogP contribution is 2.41. The third kappa shape index (κ3) is 2.64. The van der Waals surface area contributed by atoms with Crippen molar-refractivity contribution in [2.45, 2.75) is 19.9 Å². The van der Waals surface area contributed by atoms with Gasteiger partial charge in [0.15, 0.2) is 5.43 Å². The van der Waals surface area contributed by atoms with E-state index in [2.05, 4.69) is 4.98 Å². The number of amides is 1. The highest BCUT2D eigenvalue weighted by atomic mass is 19.1. The lowest BCUT2D eigenvalue weighted by molar-refractivity contribution is 0.0970. The molecule has 2 aromatic carbocycles. The number of carbonyl (C=O) groups is 1. The van der Waals surface area contributed by atoms with Crippen LogP contribution in [0.1, 0.15) is 38.9 Å². The summed E-state index contributed by atoms with van der Waals surface area (Å²) in [4.78, 5) is 32.5. The minimum absolute atomic E-state index is 0.0760. The number of hydrogen-bond acceptors (Lipinski definition) is 4. The van der Waals surface area contributed by atoms with Gasteiger partial charge in [0.1, 0.15) is 17.2 Å². The Labute approximate surface area is 171 Å². The Kier molecular flexibility index (Phi) is 4.03. The fourth-order valence-corrected chi connectivity index (χ4v) is 3.97. The van der Waals surface area contributed by atoms with Gasteiger partial charge in [-0.2, -0.15) is 0 Å². The Hall–Kier alpha value is -3.80. The molecule has 148 valence electrons. The van der Waals surface area contributed by atoms with Gasteiger partial charge in [-0.25, -0.2) is 9.37 Å². The summed E-state index contributed by atoms with van der Waals surface area (Å²) in [5.74, 6) is -0.771. The molecule has 5 nitrogen and oxygen atoms in total. The van der Waals surface area contributed by atoms with Gasteiger partial charge in [0.2, 0.25) is 5.76 Å². The normalized spacial score (nSPS) is 15.6. The fraction of sp³-hybridized carbons (Fsp3) is 0.125. The van der Waals surface area contributed by atoms with Crippen LogP contribution < -0.4 is 10.3 Å². The van der Waals surface area contributed by atoms with E-state index in [1.54, 1.807) is 48.7 Å². The van der Waals surface area contributed by atoms with E-state index in [0.717, 1.165) is 11.1 Å². The van der Waals surface area contributed by atoms with Crippen LogP contribution in [0.15, 0.2) is 70.0 Å². The smallest absolute Gasteiger partial charge is 0.296 e. The van der Waals surface area contributed by atoms with Crippen molar-refractivity contribution in [3.05, 3.63) is 105 Å². The van der Waals surface area contributed by atoms with Gasteiger partial charge < -0.3 is 4.42 Å². The molecule has 0 fully saturated rings. The number of aryl methyl sites for hydroxylation is 2. The standard InChI is InChI=1S/C24H17FN2O3/c1-13-7-8-18-16(11-13)22(28)20-21(15-5-3-4-6-17(15)25)27(24(29)23(20)30-18)19-12-14(2)9-10-26-19/h3-12,21H,1-2H3. The van der Waals surface area contributed by atoms with E-state index in [9.17, 15) is 14.0 Å². The van der Waals surface area contributed by atoms with Crippen molar-refractivity contribution in [2.75, 3.05) is 4.90 Å². The summed E-state index contributed by atoms with van der Waals surface area (Å²) in [5.41, 5.74) is 2.10. The SMILES string of the molecule is Cc1ccnc(N2C(=O)c3oc4ccc(C)cc4c(=O)c3C2c2ccccc2F)c1. The number of pyridine rings is 1. The van der Waals surface area contributed by atoms with Gasteiger partial charge in [-0.05, 0) is 49.7 Å². The molecular formula is C24H17FN2O3. The lowest BCUT2D eigenvalue weighted by atomic mass is 9.97. The predicted molar refractivity (Wildman–Crippen MR) is 111 cm³/mol. The number of anilines is 1. The number of rotatable bonds is 2. The van der Waals surface area contributed by atoms with E-state index in [-0.39, 0.29) is 22.3 Å². The van der Waals surface area contributed by atoms with Crippen LogP contribution in [0, 0.1) is 19.7 Å². The number of aromatic nitrogens is 1. The van der Waals surface area contributed by atoms with Crippen molar-refractivity contribution in [2.24, 2.45) is 0 Å². The molecule has 0 bridgehead atoms. The molecule has 4 aromatic rings. The topological polar surface area (TPSA) is 63.4 Å². The van der Waals surface area contributed by atoms with Crippen molar-refractivity contribution in [3.63, 3.8) is 0 Å². The van der Waals surface area contributed by atoms with E-state index in [1.807, 2.05) is 19.9 Å². The van der Waals surface area contributed by atoms with Gasteiger partial charge in [0.25, 0.3) is 5.91 Å². The molecule has 0 spiro atoms. The predicted octanol–water partition coefficient (Wildman–Crippen LogP) is 4.69. The molecule has 1 atom stereocenters. The third-order valence-corrected chi connectivity index (χ3v) is 5.37. The molecule has 0 aliphatic carbocycles. The molecule has 0 N–H and O–H groups in total. The first kappa shape index (κ1) is 18.2. The van der Waals surface area contributed by atoms with E-state index in [0.29, 0.717) is 16.8 Å². The molecular weight excluding hydrogens is 383 g/mol. The van der Waals surface area contributed by atoms with Gasteiger partial charge in [-0.15, -0.1) is 0 Å². The maximum absolute atomic E-state index is 14.8. The second-order valence-electron chi connectivity index (χ2n) is 7.46. The second kappa shape index (κ2) is 6.62. The molecule has 1 unspecified atom stereocenters. The summed E-state index contributed by atoms with van der Waals surface area (Å²) >= 11 is 0. The van der Waals surface area contributed by atoms with Crippen molar-refractivity contribution < 1.29 is 13.6 Å². The molecule has 1 aliphatic rings. The number of hydrogen-bond donors (Lipinski definition) is 0. The van der Waals surface area contributed by atoms with E-state index in [4.69, 9.17) is 4.42 Å². The number of carbonyl (C=O) groups excluding carboxylic acids is 1. The quantitative estimate of drug-likeness (QED) is 0.490. The van der Waals surface area contributed by atoms with Gasteiger partial charge >= 0.3 is 0 Å². The molecule has 3 heterocycles. The first-order valence-electron chi connectivity index (χ1n) is 9.53. The first-order valence-corrected chi connectivity index (χ1v) is 9.53. The summed E-state index contributed by atoms with van der Waals surface area (Å²) in [6.45, 7) is 3.74. The second-order valence-corrected chi connectivity index (χ2v) is 7.46. The fourth-order valence-electron chi connectivity index (χ4n) is 3.97. The molecule has 5 rings (SSSR count). The summed E-state index contributed by atoms with van der Waals surface area (Å²) in [6, 6.07) is 13.9. The van der Waals surface area contributed by atoms with Crippen LogP contribution in [0.5, 0.6) is 0 Å². The van der Waals surface area contributed by atoms with Crippen LogP contribution in [0.3, 0.4) is 0 Å². The molecule has 0 saturated carbocycles. The molecule has 0 saturated heterocycles. The average Bonchev–Trinajstić information content (AvgIpc) is 3.01. The lowest BCUT2D eigenvalue weighted by Crippen LogP contribution is -2.30. The molecule has 6 heteroatoms. The first-order chi connectivity index (χ1) is 14.5. The van der Waals surface area contributed by atoms with Crippen LogP contribution >= 0.6 is 0 Å². The zero-order chi connectivity index (χ0) is 21.0. The summed E-state index contributed by atoms with van der Waals surface area (Å²) in [6.07, 6.45) is 1.58. The van der Waals surface area contributed by atoms with E-state index < -0.39 is 17.8 Å². The van der Waals surface area contributed by atoms with Crippen LogP contribution in [0.25, 0.3) is 11.0 Å². The summed E-state index contributed by atoms with van der Waals surface area (Å²) in [7, 11) is 0. The Morgan fingerprint density at radius 3 is 2.53 bits per heavy atom. The zero-order valence-corrected chi connectivity index (χ0v) is 16.3. The van der Waals surface area contributed by atoms with Gasteiger partial charge in [0, 0.05) is 11.8 Å². The van der Waals surface area contributed by atoms with Crippen LogP contribution in [0.2, 0.25) is 0 Å². The van der Waals surface area contributed by atoms with E-state index >= 15 is 0 Å². The minimum atomic E-state index is -0.968. The maximum atomic E-state index is 14.8. The van der Waals surface area contributed by atoms with Gasteiger partial charge in [0.05, 0.1) is 17.0 Å². The molecule has 1 aliphatic heterocycles. The number of benzene rings is 2. The Bertz CT molecular complexity index is 1390. The largest absolute Gasteiger partial charge is 0.450 e. The molecule has 0 radical (unpaired) electrons. The molecule has 30 heavy (non-hydrogen) atoms. The summed E-state index contributed by atoms with van der Waals surface area (Å²) < 4.78 is 20.7. The van der Waals surface area contributed by atoms with Crippen molar-refractivity contribution in [3.8, 4) is 0 Å². The van der Waals surface area contributed by atoms with Crippen molar-refractivity contribution >= 4 is 22.7 Å². The maximum Gasteiger partial charge on any atom is 0.296 e. The van der Waals surface area contributed by atoms with Crippen molar-refractivity contribution in [1.82, 2.24) is 4.98 Å². The Morgan fingerprint density at radius 1 is 1.00 bits per heavy atom. The highest BCUT2D eigenvalue weighted by Gasteiger charge is 2.45. The molecule has 1 amide bonds. The number of nitrogens with zero attached hydrogens (tertiary/aromatic N) is 2. The van der Waals surface area contributed by atoms with Gasteiger partial charge in [-0.3, -0.25) is 14.5 Å².